The second-order valence-electron chi connectivity index (χ2n) is 9.02. The fourth-order valence-electron chi connectivity index (χ4n) is 3.98. The van der Waals surface area contributed by atoms with Gasteiger partial charge in [0.2, 0.25) is 5.91 Å². The van der Waals surface area contributed by atoms with Gasteiger partial charge in [-0.3, -0.25) is 9.59 Å². The van der Waals surface area contributed by atoms with E-state index in [1.54, 1.807) is 55.4 Å². The van der Waals surface area contributed by atoms with Crippen LogP contribution in [0.25, 0.3) is 0 Å². The van der Waals surface area contributed by atoms with Crippen molar-refractivity contribution in [3.8, 4) is 17.2 Å². The number of hydrogen-bond donors (Lipinski definition) is 0. The highest BCUT2D eigenvalue weighted by Crippen LogP contribution is 2.28. The zero-order valence-electron chi connectivity index (χ0n) is 22.4. The van der Waals surface area contributed by atoms with Crippen LogP contribution in [0.4, 0.5) is 0 Å². The van der Waals surface area contributed by atoms with Crippen molar-refractivity contribution in [3.63, 3.8) is 0 Å². The number of benzene rings is 2. The van der Waals surface area contributed by atoms with E-state index in [1.165, 1.54) is 0 Å². The summed E-state index contributed by atoms with van der Waals surface area (Å²) in [4.78, 5) is 30.2. The van der Waals surface area contributed by atoms with E-state index in [0.29, 0.717) is 48.1 Å². The number of carbonyl (C=O) groups is 2. The third-order valence-corrected chi connectivity index (χ3v) is 6.14. The first-order valence-electron chi connectivity index (χ1n) is 12.2. The standard InChI is InChI=1S/C29H36N2O6/c1-20(2)31(29(33)23-9-12-24(34-4)13-10-23)19-28(32)30(18-25-11-7-21(3)37-25)16-15-22-8-14-26(35-5)27(17-22)36-6/h7-14,17,20H,15-16,18-19H2,1-6H3. The van der Waals surface area contributed by atoms with Crippen LogP contribution in [-0.4, -0.2) is 62.1 Å². The molecule has 2 aromatic carbocycles. The number of rotatable bonds is 12. The SMILES string of the molecule is COc1ccc(C(=O)N(CC(=O)N(CCc2ccc(OC)c(OC)c2)Cc2ccc(C)o2)C(C)C)cc1. The van der Waals surface area contributed by atoms with Crippen molar-refractivity contribution in [3.05, 3.63) is 77.2 Å². The highest BCUT2D eigenvalue weighted by atomic mass is 16.5. The van der Waals surface area contributed by atoms with E-state index in [9.17, 15) is 9.59 Å². The predicted octanol–water partition coefficient (Wildman–Crippen LogP) is 4.74. The molecule has 0 N–H and O–H groups in total. The average molecular weight is 509 g/mol. The minimum atomic E-state index is -0.209. The second-order valence-corrected chi connectivity index (χ2v) is 9.02. The molecule has 0 atom stereocenters. The summed E-state index contributed by atoms with van der Waals surface area (Å²) in [5, 5.41) is 0. The minimum absolute atomic E-state index is 0.0475. The van der Waals surface area contributed by atoms with E-state index < -0.39 is 0 Å². The summed E-state index contributed by atoms with van der Waals surface area (Å²) in [5.41, 5.74) is 1.50. The normalized spacial score (nSPS) is 10.8. The Morgan fingerprint density at radius 2 is 1.59 bits per heavy atom. The van der Waals surface area contributed by atoms with E-state index in [4.69, 9.17) is 18.6 Å². The van der Waals surface area contributed by atoms with Gasteiger partial charge in [0, 0.05) is 18.2 Å². The molecule has 0 fully saturated rings. The molecule has 2 amide bonds. The van der Waals surface area contributed by atoms with Crippen molar-refractivity contribution in [2.45, 2.75) is 39.8 Å². The van der Waals surface area contributed by atoms with E-state index in [-0.39, 0.29) is 24.4 Å². The fraction of sp³-hybridized carbons (Fsp3) is 0.379. The molecule has 0 aliphatic heterocycles. The topological polar surface area (TPSA) is 81.5 Å². The summed E-state index contributed by atoms with van der Waals surface area (Å²) >= 11 is 0. The average Bonchev–Trinajstić information content (AvgIpc) is 3.33. The van der Waals surface area contributed by atoms with Crippen LogP contribution in [0.15, 0.2) is 59.0 Å². The molecule has 198 valence electrons. The Hall–Kier alpha value is -3.94. The summed E-state index contributed by atoms with van der Waals surface area (Å²) in [5.74, 6) is 3.05. The molecule has 0 aliphatic carbocycles. The lowest BCUT2D eigenvalue weighted by atomic mass is 10.1. The van der Waals surface area contributed by atoms with Crippen molar-refractivity contribution in [2.24, 2.45) is 0 Å². The molecular formula is C29H36N2O6. The molecule has 3 rings (SSSR count). The van der Waals surface area contributed by atoms with Gasteiger partial charge in [-0.1, -0.05) is 6.07 Å². The van der Waals surface area contributed by atoms with Gasteiger partial charge in [-0.15, -0.1) is 0 Å². The molecule has 8 nitrogen and oxygen atoms in total. The lowest BCUT2D eigenvalue weighted by molar-refractivity contribution is -0.133. The highest BCUT2D eigenvalue weighted by molar-refractivity contribution is 5.96. The number of amides is 2. The number of furan rings is 1. The first-order chi connectivity index (χ1) is 17.7. The lowest BCUT2D eigenvalue weighted by Gasteiger charge is -2.30. The number of methoxy groups -OCH3 is 3. The number of ether oxygens (including phenoxy) is 3. The van der Waals surface area contributed by atoms with E-state index in [2.05, 4.69) is 0 Å². The molecule has 1 heterocycles. The van der Waals surface area contributed by atoms with Crippen LogP contribution in [0.5, 0.6) is 17.2 Å². The summed E-state index contributed by atoms with van der Waals surface area (Å²) in [6, 6.07) is 16.2. The van der Waals surface area contributed by atoms with Crippen molar-refractivity contribution >= 4 is 11.8 Å². The van der Waals surface area contributed by atoms with Crippen LogP contribution >= 0.6 is 0 Å². The van der Waals surface area contributed by atoms with Gasteiger partial charge in [-0.05, 0) is 81.3 Å². The van der Waals surface area contributed by atoms with Gasteiger partial charge in [0.05, 0.1) is 27.9 Å². The van der Waals surface area contributed by atoms with Gasteiger partial charge in [0.15, 0.2) is 11.5 Å². The van der Waals surface area contributed by atoms with Gasteiger partial charge in [-0.25, -0.2) is 0 Å². The number of aryl methyl sites for hydroxylation is 1. The molecule has 1 aromatic heterocycles. The summed E-state index contributed by atoms with van der Waals surface area (Å²) in [6.07, 6.45) is 0.597. The molecular weight excluding hydrogens is 472 g/mol. The Morgan fingerprint density at radius 1 is 0.892 bits per heavy atom. The molecule has 0 unspecified atom stereocenters. The van der Waals surface area contributed by atoms with Gasteiger partial charge < -0.3 is 28.4 Å². The Labute approximate surface area is 218 Å². The van der Waals surface area contributed by atoms with Gasteiger partial charge in [0.1, 0.15) is 23.8 Å². The Bertz CT molecular complexity index is 1190. The van der Waals surface area contributed by atoms with E-state index >= 15 is 0 Å². The Kier molecular flexibility index (Phi) is 9.60. The van der Waals surface area contributed by atoms with Crippen LogP contribution in [0.2, 0.25) is 0 Å². The monoisotopic (exact) mass is 508 g/mol. The molecule has 0 aliphatic rings. The van der Waals surface area contributed by atoms with E-state index in [1.807, 2.05) is 51.1 Å². The fourth-order valence-corrected chi connectivity index (χ4v) is 3.98. The molecule has 0 saturated carbocycles. The molecule has 8 heteroatoms. The molecule has 0 spiro atoms. The van der Waals surface area contributed by atoms with Crippen LogP contribution in [0.3, 0.4) is 0 Å². The largest absolute Gasteiger partial charge is 0.497 e. The van der Waals surface area contributed by atoms with Crippen LogP contribution in [-0.2, 0) is 17.8 Å². The minimum Gasteiger partial charge on any atom is -0.497 e. The predicted molar refractivity (Wildman–Crippen MR) is 141 cm³/mol. The maximum Gasteiger partial charge on any atom is 0.254 e. The van der Waals surface area contributed by atoms with Crippen molar-refractivity contribution in [2.75, 3.05) is 34.4 Å². The van der Waals surface area contributed by atoms with Gasteiger partial charge in [-0.2, -0.15) is 0 Å². The van der Waals surface area contributed by atoms with Crippen molar-refractivity contribution in [1.82, 2.24) is 9.80 Å². The Balaban J connectivity index is 1.78. The van der Waals surface area contributed by atoms with E-state index in [0.717, 1.165) is 11.3 Å². The molecule has 0 bridgehead atoms. The summed E-state index contributed by atoms with van der Waals surface area (Å²) in [6.45, 7) is 6.37. The second kappa shape index (κ2) is 12.9. The quantitative estimate of drug-likeness (QED) is 0.352. The van der Waals surface area contributed by atoms with Crippen LogP contribution < -0.4 is 14.2 Å². The molecule has 0 radical (unpaired) electrons. The zero-order chi connectivity index (χ0) is 26.9. The molecule has 0 saturated heterocycles. The number of hydrogen-bond acceptors (Lipinski definition) is 6. The molecule has 3 aromatic rings. The first-order valence-corrected chi connectivity index (χ1v) is 12.2. The van der Waals surface area contributed by atoms with Crippen LogP contribution in [0, 0.1) is 6.92 Å². The number of nitrogens with zero attached hydrogens (tertiary/aromatic N) is 2. The van der Waals surface area contributed by atoms with Gasteiger partial charge in [0.25, 0.3) is 5.91 Å². The lowest BCUT2D eigenvalue weighted by Crippen LogP contribution is -2.46. The summed E-state index contributed by atoms with van der Waals surface area (Å²) in [7, 11) is 4.76. The zero-order valence-corrected chi connectivity index (χ0v) is 22.4. The smallest absolute Gasteiger partial charge is 0.254 e. The first kappa shape index (κ1) is 27.6. The number of carbonyl (C=O) groups excluding carboxylic acids is 2. The highest BCUT2D eigenvalue weighted by Gasteiger charge is 2.25. The maximum atomic E-state index is 13.6. The Morgan fingerprint density at radius 3 is 2.16 bits per heavy atom. The van der Waals surface area contributed by atoms with Crippen molar-refractivity contribution < 1.29 is 28.2 Å². The molecule has 37 heavy (non-hydrogen) atoms. The van der Waals surface area contributed by atoms with Crippen molar-refractivity contribution in [1.29, 1.82) is 0 Å². The van der Waals surface area contributed by atoms with Crippen LogP contribution in [0.1, 0.15) is 41.3 Å². The maximum absolute atomic E-state index is 13.6. The van der Waals surface area contributed by atoms with Gasteiger partial charge >= 0.3 is 0 Å². The third kappa shape index (κ3) is 7.29. The summed E-state index contributed by atoms with van der Waals surface area (Å²) < 4.78 is 21.7. The third-order valence-electron chi connectivity index (χ3n) is 6.14.